The van der Waals surface area contributed by atoms with Crippen molar-refractivity contribution >= 4 is 50.7 Å². The molecular weight excluding hydrogens is 645 g/mol. The smallest absolute Gasteiger partial charge is 0.264 e. The van der Waals surface area contributed by atoms with Gasteiger partial charge in [-0.3, -0.25) is 13.9 Å². The molecule has 0 heterocycles. The van der Waals surface area contributed by atoms with Crippen LogP contribution in [0.4, 0.5) is 5.69 Å². The van der Waals surface area contributed by atoms with Crippen LogP contribution in [0.15, 0.2) is 108 Å². The molecule has 0 aliphatic heterocycles. The van der Waals surface area contributed by atoms with Crippen LogP contribution in [0.25, 0.3) is 0 Å². The molecule has 1 N–H and O–H groups in total. The Morgan fingerprint density at radius 3 is 2.17 bits per heavy atom. The number of anilines is 1. The van der Waals surface area contributed by atoms with Crippen molar-refractivity contribution in [2.24, 2.45) is 0 Å². The minimum Gasteiger partial charge on any atom is -0.497 e. The second kappa shape index (κ2) is 16.5. The van der Waals surface area contributed by atoms with Gasteiger partial charge in [-0.25, -0.2) is 8.42 Å². The van der Waals surface area contributed by atoms with E-state index < -0.39 is 28.5 Å². The first-order valence-electron chi connectivity index (χ1n) is 14.9. The molecule has 0 unspecified atom stereocenters. The zero-order valence-corrected chi connectivity index (χ0v) is 28.1. The lowest BCUT2D eigenvalue weighted by atomic mass is 10.0. The lowest BCUT2D eigenvalue weighted by Crippen LogP contribution is -2.53. The summed E-state index contributed by atoms with van der Waals surface area (Å²) in [5.41, 5.74) is 1.71. The van der Waals surface area contributed by atoms with Crippen molar-refractivity contribution in [2.75, 3.05) is 24.5 Å². The van der Waals surface area contributed by atoms with Crippen LogP contribution in [0.1, 0.15) is 30.9 Å². The predicted octanol–water partition coefficient (Wildman–Crippen LogP) is 6.75. The SMILES string of the molecule is CCCCNC(=O)[C@H](Cc1ccccc1)N(Cc1cccc(OC)c1)C(=O)CN(c1ccc(Cl)c(Cl)c1)S(=O)(=O)c1ccccc1. The van der Waals surface area contributed by atoms with E-state index in [2.05, 4.69) is 5.32 Å². The zero-order valence-electron chi connectivity index (χ0n) is 25.7. The van der Waals surface area contributed by atoms with Crippen LogP contribution in [0, 0.1) is 0 Å². The quantitative estimate of drug-likeness (QED) is 0.140. The lowest BCUT2D eigenvalue weighted by Gasteiger charge is -2.34. The van der Waals surface area contributed by atoms with Gasteiger partial charge in [0.2, 0.25) is 11.8 Å². The number of hydrogen-bond acceptors (Lipinski definition) is 5. The van der Waals surface area contributed by atoms with Crippen molar-refractivity contribution in [3.63, 3.8) is 0 Å². The summed E-state index contributed by atoms with van der Waals surface area (Å²) in [6, 6.07) is 27.8. The summed E-state index contributed by atoms with van der Waals surface area (Å²) in [5, 5.41) is 3.35. The number of amides is 2. The number of nitrogens with zero attached hydrogens (tertiary/aromatic N) is 2. The van der Waals surface area contributed by atoms with Gasteiger partial charge in [-0.2, -0.15) is 0 Å². The van der Waals surface area contributed by atoms with Crippen molar-refractivity contribution in [3.8, 4) is 5.75 Å². The predicted molar refractivity (Wildman–Crippen MR) is 183 cm³/mol. The van der Waals surface area contributed by atoms with E-state index in [9.17, 15) is 18.0 Å². The maximum absolute atomic E-state index is 14.5. The standard InChI is InChI=1S/C35H37Cl2N3O5S/c1-3-4-20-38-35(42)33(22-26-12-7-5-8-13-26)39(24-27-14-11-15-29(21-27)45-2)34(41)25-40(28-18-19-31(36)32(37)23-28)46(43,44)30-16-9-6-10-17-30/h5-19,21,23,33H,3-4,20,22,24-25H2,1-2H3,(H,38,42)/t33-/m0/s1. The molecule has 0 aromatic heterocycles. The maximum Gasteiger partial charge on any atom is 0.264 e. The lowest BCUT2D eigenvalue weighted by molar-refractivity contribution is -0.140. The fraction of sp³-hybridized carbons (Fsp3) is 0.257. The number of rotatable bonds is 15. The number of benzene rings is 4. The van der Waals surface area contributed by atoms with Gasteiger partial charge in [0.25, 0.3) is 10.0 Å². The topological polar surface area (TPSA) is 96.0 Å². The molecule has 4 aromatic rings. The van der Waals surface area contributed by atoms with Crippen molar-refractivity contribution in [1.82, 2.24) is 10.2 Å². The molecule has 242 valence electrons. The summed E-state index contributed by atoms with van der Waals surface area (Å²) in [7, 11) is -2.71. The largest absolute Gasteiger partial charge is 0.497 e. The van der Waals surface area contributed by atoms with E-state index in [0.717, 1.165) is 22.7 Å². The Kier molecular flexibility index (Phi) is 12.5. The van der Waals surface area contributed by atoms with E-state index in [1.54, 1.807) is 43.5 Å². The summed E-state index contributed by atoms with van der Waals surface area (Å²) in [4.78, 5) is 29.8. The van der Waals surface area contributed by atoms with Gasteiger partial charge in [-0.05, 0) is 60.0 Å². The third-order valence-corrected chi connectivity index (χ3v) is 9.92. The Morgan fingerprint density at radius 1 is 0.848 bits per heavy atom. The number of carbonyl (C=O) groups excluding carboxylic acids is 2. The number of unbranched alkanes of at least 4 members (excludes halogenated alkanes) is 1. The minimum absolute atomic E-state index is 0.00800. The highest BCUT2D eigenvalue weighted by Gasteiger charge is 2.34. The third kappa shape index (κ3) is 9.02. The van der Waals surface area contributed by atoms with Gasteiger partial charge in [-0.15, -0.1) is 0 Å². The molecule has 0 saturated carbocycles. The van der Waals surface area contributed by atoms with E-state index in [0.29, 0.717) is 17.9 Å². The van der Waals surface area contributed by atoms with Gasteiger partial charge in [-0.1, -0.05) is 97.2 Å². The number of carbonyl (C=O) groups is 2. The first-order valence-corrected chi connectivity index (χ1v) is 17.1. The van der Waals surface area contributed by atoms with Crippen LogP contribution in [-0.2, 0) is 32.6 Å². The molecule has 4 rings (SSSR count). The fourth-order valence-electron chi connectivity index (χ4n) is 4.92. The summed E-state index contributed by atoms with van der Waals surface area (Å²) in [6.45, 7) is 1.89. The average molecular weight is 683 g/mol. The van der Waals surface area contributed by atoms with Gasteiger partial charge >= 0.3 is 0 Å². The maximum atomic E-state index is 14.5. The average Bonchev–Trinajstić information content (AvgIpc) is 3.07. The first-order chi connectivity index (χ1) is 22.1. The zero-order chi connectivity index (χ0) is 33.1. The van der Waals surface area contributed by atoms with E-state index in [4.69, 9.17) is 27.9 Å². The fourth-order valence-corrected chi connectivity index (χ4v) is 6.64. The van der Waals surface area contributed by atoms with Crippen LogP contribution < -0.4 is 14.4 Å². The van der Waals surface area contributed by atoms with Crippen molar-refractivity contribution in [3.05, 3.63) is 124 Å². The first kappa shape index (κ1) is 34.8. The van der Waals surface area contributed by atoms with Gasteiger partial charge < -0.3 is 15.0 Å². The van der Waals surface area contributed by atoms with Crippen LogP contribution in [0.3, 0.4) is 0 Å². The van der Waals surface area contributed by atoms with Crippen LogP contribution in [-0.4, -0.2) is 51.4 Å². The summed E-state index contributed by atoms with van der Waals surface area (Å²) in [6.07, 6.45) is 1.87. The molecule has 46 heavy (non-hydrogen) atoms. The van der Waals surface area contributed by atoms with Crippen LogP contribution in [0.2, 0.25) is 10.0 Å². The molecule has 0 saturated heterocycles. The van der Waals surface area contributed by atoms with E-state index in [-0.39, 0.29) is 39.5 Å². The van der Waals surface area contributed by atoms with Gasteiger partial charge in [0.15, 0.2) is 0 Å². The molecule has 0 fully saturated rings. The van der Waals surface area contributed by atoms with Crippen molar-refractivity contribution in [2.45, 2.75) is 43.7 Å². The van der Waals surface area contributed by atoms with Gasteiger partial charge in [0.1, 0.15) is 18.3 Å². The molecule has 8 nitrogen and oxygen atoms in total. The van der Waals surface area contributed by atoms with E-state index in [1.807, 2.05) is 43.3 Å². The number of methoxy groups -OCH3 is 1. The number of nitrogens with one attached hydrogen (secondary N) is 1. The number of halogens is 2. The Hall–Kier alpha value is -4.05. The monoisotopic (exact) mass is 681 g/mol. The molecule has 2 amide bonds. The number of hydrogen-bond donors (Lipinski definition) is 1. The summed E-state index contributed by atoms with van der Waals surface area (Å²) in [5.74, 6) is -0.332. The molecule has 11 heteroatoms. The Balaban J connectivity index is 1.81. The van der Waals surface area contributed by atoms with Crippen molar-refractivity contribution in [1.29, 1.82) is 0 Å². The number of sulfonamides is 1. The molecule has 4 aromatic carbocycles. The Bertz CT molecular complexity index is 1720. The van der Waals surface area contributed by atoms with Gasteiger partial charge in [0.05, 0.1) is 27.7 Å². The van der Waals surface area contributed by atoms with Gasteiger partial charge in [0, 0.05) is 19.5 Å². The van der Waals surface area contributed by atoms with Crippen molar-refractivity contribution < 1.29 is 22.7 Å². The number of ether oxygens (including phenoxy) is 1. The molecule has 0 spiro atoms. The highest BCUT2D eigenvalue weighted by Crippen LogP contribution is 2.31. The summed E-state index contributed by atoms with van der Waals surface area (Å²) < 4.78 is 34.6. The van der Waals surface area contributed by atoms with E-state index in [1.165, 1.54) is 35.2 Å². The molecule has 0 aliphatic carbocycles. The summed E-state index contributed by atoms with van der Waals surface area (Å²) >= 11 is 12.5. The third-order valence-electron chi connectivity index (χ3n) is 7.39. The molecule has 1 atom stereocenters. The van der Waals surface area contributed by atoms with E-state index >= 15 is 0 Å². The Labute approximate surface area is 280 Å². The van der Waals surface area contributed by atoms with Crippen LogP contribution >= 0.6 is 23.2 Å². The second-order valence-electron chi connectivity index (χ2n) is 10.6. The molecule has 0 bridgehead atoms. The minimum atomic E-state index is -4.25. The molecule has 0 aliphatic rings. The highest BCUT2D eigenvalue weighted by atomic mass is 35.5. The Morgan fingerprint density at radius 2 is 1.52 bits per heavy atom. The molecular formula is C35H37Cl2N3O5S. The highest BCUT2D eigenvalue weighted by molar-refractivity contribution is 7.92. The normalized spacial score (nSPS) is 11.8. The second-order valence-corrected chi connectivity index (χ2v) is 13.3. The molecule has 0 radical (unpaired) electrons. The van der Waals surface area contributed by atoms with Crippen LogP contribution in [0.5, 0.6) is 5.75 Å².